The zero-order valence-electron chi connectivity index (χ0n) is 16.0. The first-order chi connectivity index (χ1) is 13.6. The van der Waals surface area contributed by atoms with Gasteiger partial charge in [0.1, 0.15) is 5.76 Å². The third kappa shape index (κ3) is 4.50. The second-order valence-corrected chi connectivity index (χ2v) is 6.29. The van der Waals surface area contributed by atoms with Gasteiger partial charge in [-0.15, -0.1) is 0 Å². The fourth-order valence-electron chi connectivity index (χ4n) is 2.88. The Bertz CT molecular complexity index is 980. The Morgan fingerprint density at radius 1 is 1.21 bits per heavy atom. The molecule has 7 heteroatoms. The minimum atomic E-state index is -0.199. The van der Waals surface area contributed by atoms with Gasteiger partial charge in [-0.25, -0.2) is 4.99 Å². The van der Waals surface area contributed by atoms with Crippen molar-refractivity contribution in [1.82, 2.24) is 15.3 Å². The van der Waals surface area contributed by atoms with Crippen molar-refractivity contribution < 1.29 is 9.21 Å². The highest BCUT2D eigenvalue weighted by molar-refractivity contribution is 6.03. The topological polar surface area (TPSA) is 106 Å². The van der Waals surface area contributed by atoms with Crippen molar-refractivity contribution in [1.29, 1.82) is 0 Å². The van der Waals surface area contributed by atoms with Crippen LogP contribution in [0.15, 0.2) is 58.4 Å². The highest BCUT2D eigenvalue weighted by Crippen LogP contribution is 2.23. The zero-order chi connectivity index (χ0) is 19.9. The molecule has 0 saturated carbocycles. The molecule has 0 bridgehead atoms. The van der Waals surface area contributed by atoms with E-state index in [4.69, 9.17) is 10.2 Å². The molecule has 3 aromatic rings. The largest absolute Gasteiger partial charge is 0.463 e. The molecule has 0 aliphatic heterocycles. The molecule has 3 aromatic heterocycles. The molecule has 0 atom stereocenters. The number of aryl methyl sites for hydroxylation is 1. The molecule has 1 amide bonds. The summed E-state index contributed by atoms with van der Waals surface area (Å²) in [6.07, 6.45) is 5.57. The number of pyridine rings is 2. The second kappa shape index (κ2) is 9.05. The first-order valence-electron chi connectivity index (χ1n) is 9.06. The van der Waals surface area contributed by atoms with Gasteiger partial charge in [0.15, 0.2) is 0 Å². The summed E-state index contributed by atoms with van der Waals surface area (Å²) < 4.78 is 5.38. The minimum absolute atomic E-state index is 0.199. The first-order valence-corrected chi connectivity index (χ1v) is 9.06. The van der Waals surface area contributed by atoms with E-state index >= 15 is 0 Å². The standard InChI is InChI=1S/C21H23N5O2/c1-14(19-6-4-12-28-19)26-20-15(2)23-11-8-17(20)21(27)25-10-7-16-5-3-9-24-18(16)13-22/h3-6,8-9,11-12H,7,10,13,22H2,1-2H3,(H,25,27). The number of hydrogen-bond acceptors (Lipinski definition) is 6. The number of nitrogens with two attached hydrogens (primary N) is 1. The van der Waals surface area contributed by atoms with E-state index in [1.54, 1.807) is 30.8 Å². The van der Waals surface area contributed by atoms with Gasteiger partial charge in [-0.2, -0.15) is 0 Å². The summed E-state index contributed by atoms with van der Waals surface area (Å²) >= 11 is 0. The summed E-state index contributed by atoms with van der Waals surface area (Å²) in [4.78, 5) is 25.9. The third-order valence-corrected chi connectivity index (χ3v) is 4.37. The quantitative estimate of drug-likeness (QED) is 0.616. The summed E-state index contributed by atoms with van der Waals surface area (Å²) in [6.45, 7) is 4.51. The molecular formula is C21H23N5O2. The van der Waals surface area contributed by atoms with Crippen LogP contribution in [0.2, 0.25) is 0 Å². The number of rotatable bonds is 7. The fraction of sp³-hybridized carbons (Fsp3) is 0.238. The van der Waals surface area contributed by atoms with Gasteiger partial charge in [-0.1, -0.05) is 6.07 Å². The SMILES string of the molecule is CC(=Nc1c(C(=O)NCCc2cccnc2CN)ccnc1C)c1ccco1. The summed E-state index contributed by atoms with van der Waals surface area (Å²) in [5.41, 5.74) is 9.96. The van der Waals surface area contributed by atoms with Crippen molar-refractivity contribution in [2.24, 2.45) is 10.7 Å². The second-order valence-electron chi connectivity index (χ2n) is 6.29. The molecule has 0 fully saturated rings. The number of aliphatic imine (C=N–C) groups is 1. The number of nitrogens with zero attached hydrogens (tertiary/aromatic N) is 3. The van der Waals surface area contributed by atoms with Crippen LogP contribution in [0.3, 0.4) is 0 Å². The maximum atomic E-state index is 12.8. The minimum Gasteiger partial charge on any atom is -0.463 e. The fourth-order valence-corrected chi connectivity index (χ4v) is 2.88. The summed E-state index contributed by atoms with van der Waals surface area (Å²) in [5, 5.41) is 2.95. The average Bonchev–Trinajstić information content (AvgIpc) is 3.24. The molecule has 0 spiro atoms. The molecule has 0 unspecified atom stereocenters. The molecule has 0 saturated heterocycles. The summed E-state index contributed by atoms with van der Waals surface area (Å²) in [5.74, 6) is 0.454. The van der Waals surface area contributed by atoms with Crippen molar-refractivity contribution in [2.45, 2.75) is 26.8 Å². The molecular weight excluding hydrogens is 354 g/mol. The molecule has 3 rings (SSSR count). The van der Waals surface area contributed by atoms with E-state index in [0.717, 1.165) is 11.3 Å². The molecule has 3 N–H and O–H groups in total. The molecule has 0 radical (unpaired) electrons. The van der Waals surface area contributed by atoms with Gasteiger partial charge < -0.3 is 15.5 Å². The van der Waals surface area contributed by atoms with E-state index in [9.17, 15) is 4.79 Å². The smallest absolute Gasteiger partial charge is 0.253 e. The lowest BCUT2D eigenvalue weighted by molar-refractivity contribution is 0.0954. The van der Waals surface area contributed by atoms with Gasteiger partial charge >= 0.3 is 0 Å². The van der Waals surface area contributed by atoms with Crippen LogP contribution in [0.5, 0.6) is 0 Å². The predicted octanol–water partition coefficient (Wildman–Crippen LogP) is 2.95. The van der Waals surface area contributed by atoms with E-state index in [-0.39, 0.29) is 5.91 Å². The van der Waals surface area contributed by atoms with Crippen molar-refractivity contribution in [2.75, 3.05) is 6.54 Å². The lowest BCUT2D eigenvalue weighted by Gasteiger charge is -2.11. The molecule has 0 aliphatic rings. The Balaban J connectivity index is 1.75. The van der Waals surface area contributed by atoms with Crippen LogP contribution in [-0.4, -0.2) is 28.1 Å². The maximum absolute atomic E-state index is 12.8. The Hall–Kier alpha value is -3.32. The highest BCUT2D eigenvalue weighted by Gasteiger charge is 2.15. The number of hydrogen-bond donors (Lipinski definition) is 2. The van der Waals surface area contributed by atoms with E-state index in [2.05, 4.69) is 20.3 Å². The van der Waals surface area contributed by atoms with Crippen LogP contribution < -0.4 is 11.1 Å². The van der Waals surface area contributed by atoms with Crippen LogP contribution in [0.4, 0.5) is 5.69 Å². The lowest BCUT2D eigenvalue weighted by atomic mass is 10.1. The van der Waals surface area contributed by atoms with Gasteiger partial charge in [0.05, 0.1) is 34.6 Å². The van der Waals surface area contributed by atoms with Gasteiger partial charge in [0.25, 0.3) is 5.91 Å². The molecule has 144 valence electrons. The summed E-state index contributed by atoms with van der Waals surface area (Å²) in [7, 11) is 0. The monoisotopic (exact) mass is 377 g/mol. The Morgan fingerprint density at radius 2 is 2.07 bits per heavy atom. The van der Waals surface area contributed by atoms with Crippen molar-refractivity contribution in [3.63, 3.8) is 0 Å². The molecule has 0 aliphatic carbocycles. The highest BCUT2D eigenvalue weighted by atomic mass is 16.3. The number of aromatic nitrogens is 2. The van der Waals surface area contributed by atoms with Crippen LogP contribution >= 0.6 is 0 Å². The first kappa shape index (κ1) is 19.4. The van der Waals surface area contributed by atoms with Gasteiger partial charge in [-0.05, 0) is 50.1 Å². The van der Waals surface area contributed by atoms with E-state index in [0.29, 0.717) is 47.9 Å². The Morgan fingerprint density at radius 3 is 2.82 bits per heavy atom. The molecule has 0 aromatic carbocycles. The van der Waals surface area contributed by atoms with Crippen molar-refractivity contribution in [3.8, 4) is 0 Å². The van der Waals surface area contributed by atoms with Crippen LogP contribution in [-0.2, 0) is 13.0 Å². The number of carbonyl (C=O) groups is 1. The summed E-state index contributed by atoms with van der Waals surface area (Å²) in [6, 6.07) is 9.14. The van der Waals surface area contributed by atoms with Crippen molar-refractivity contribution >= 4 is 17.3 Å². The normalized spacial score (nSPS) is 11.5. The van der Waals surface area contributed by atoms with E-state index in [1.165, 1.54) is 0 Å². The van der Waals surface area contributed by atoms with Crippen molar-refractivity contribution in [3.05, 3.63) is 77.3 Å². The van der Waals surface area contributed by atoms with Gasteiger partial charge in [-0.3, -0.25) is 14.8 Å². The number of nitrogens with one attached hydrogen (secondary N) is 1. The number of furan rings is 1. The third-order valence-electron chi connectivity index (χ3n) is 4.37. The van der Waals surface area contributed by atoms with E-state index in [1.807, 2.05) is 32.0 Å². The van der Waals surface area contributed by atoms with Crippen LogP contribution in [0.1, 0.15) is 40.0 Å². The maximum Gasteiger partial charge on any atom is 0.253 e. The Labute approximate surface area is 163 Å². The predicted molar refractivity (Wildman–Crippen MR) is 108 cm³/mol. The van der Waals surface area contributed by atoms with Crippen LogP contribution in [0.25, 0.3) is 0 Å². The molecule has 7 nitrogen and oxygen atoms in total. The molecule has 3 heterocycles. The number of amides is 1. The Kier molecular flexibility index (Phi) is 6.29. The number of carbonyl (C=O) groups excluding carboxylic acids is 1. The van der Waals surface area contributed by atoms with Gasteiger partial charge in [0, 0.05) is 25.5 Å². The van der Waals surface area contributed by atoms with E-state index < -0.39 is 0 Å². The average molecular weight is 377 g/mol. The lowest BCUT2D eigenvalue weighted by Crippen LogP contribution is -2.26. The zero-order valence-corrected chi connectivity index (χ0v) is 16.0. The molecule has 28 heavy (non-hydrogen) atoms. The van der Waals surface area contributed by atoms with Gasteiger partial charge in [0.2, 0.25) is 0 Å². The van der Waals surface area contributed by atoms with Crippen LogP contribution in [0, 0.1) is 6.92 Å².